The summed E-state index contributed by atoms with van der Waals surface area (Å²) in [4.78, 5) is 0. The van der Waals surface area contributed by atoms with Crippen molar-refractivity contribution in [1.82, 2.24) is 0 Å². The maximum Gasteiger partial charge on any atom is -0.0240 e. The van der Waals surface area contributed by atoms with Crippen molar-refractivity contribution in [2.24, 2.45) is 0 Å². The summed E-state index contributed by atoms with van der Waals surface area (Å²) in [5, 5.41) is 1.64. The molecule has 0 bridgehead atoms. The summed E-state index contributed by atoms with van der Waals surface area (Å²) in [7, 11) is 0.416. The Balaban J connectivity index is 2.64. The van der Waals surface area contributed by atoms with Crippen molar-refractivity contribution in [2.75, 3.05) is 24.6 Å². The Morgan fingerprint density at radius 3 is 1.26 bits per heavy atom. The molecule has 0 aliphatic rings. The summed E-state index contributed by atoms with van der Waals surface area (Å²) in [6.07, 6.45) is 8.71. The van der Waals surface area contributed by atoms with E-state index in [-0.39, 0.29) is 23.8 Å². The monoisotopic (exact) mass is 426 g/mol. The Labute approximate surface area is 174 Å². The van der Waals surface area contributed by atoms with Gasteiger partial charge in [0.05, 0.1) is 0 Å². The summed E-state index contributed by atoms with van der Waals surface area (Å²) in [5.74, 6) is 0. The van der Waals surface area contributed by atoms with Gasteiger partial charge in [0.2, 0.25) is 0 Å². The minimum atomic E-state index is 0.0266. The molecule has 0 aromatic heterocycles. The number of rotatable bonds is 13. The van der Waals surface area contributed by atoms with Crippen LogP contribution >= 0.6 is 23.8 Å². The first-order valence-electron chi connectivity index (χ1n) is 11.1. The molecule has 0 amide bonds. The van der Waals surface area contributed by atoms with Gasteiger partial charge in [-0.1, -0.05) is 93.6 Å². The van der Waals surface area contributed by atoms with Gasteiger partial charge in [-0.3, -0.25) is 0 Å². The average Bonchev–Trinajstić information content (AvgIpc) is 2.59. The Morgan fingerprint density at radius 1 is 0.556 bits per heavy atom. The second-order valence-electron chi connectivity index (χ2n) is 8.88. The van der Waals surface area contributed by atoms with Crippen LogP contribution in [-0.4, -0.2) is 47.3 Å². The smallest absolute Gasteiger partial charge is 0.0240 e. The Hall–Kier alpha value is 0.510. The van der Waals surface area contributed by atoms with Gasteiger partial charge in [-0.15, -0.1) is 15.8 Å². The van der Waals surface area contributed by atoms with E-state index in [1.54, 1.807) is 5.30 Å². The van der Waals surface area contributed by atoms with Gasteiger partial charge in [-0.2, -0.15) is 0 Å². The third kappa shape index (κ3) is 9.70. The molecule has 1 aromatic carbocycles. The first kappa shape index (κ1) is 25.5. The fraction of sp³-hybridized carbons (Fsp3) is 0.750. The predicted molar refractivity (Wildman–Crippen MR) is 136 cm³/mol. The van der Waals surface area contributed by atoms with E-state index in [0.29, 0.717) is 0 Å². The molecule has 0 nitrogen and oxygen atoms in total. The quantitative estimate of drug-likeness (QED) is 0.279. The topological polar surface area (TPSA) is 0 Å². The summed E-state index contributed by atoms with van der Waals surface area (Å²) in [6, 6.07) is 11.5. The lowest BCUT2D eigenvalue weighted by atomic mass is 10.4. The molecule has 0 radical (unpaired) electrons. The molecule has 0 unspecified atom stereocenters. The zero-order chi connectivity index (χ0) is 20.4. The van der Waals surface area contributed by atoms with E-state index in [4.69, 9.17) is 0 Å². The van der Waals surface area contributed by atoms with Crippen LogP contribution in [0, 0.1) is 0 Å². The van der Waals surface area contributed by atoms with Crippen molar-refractivity contribution in [1.29, 1.82) is 0 Å². The Kier molecular flexibility index (Phi) is 12.9. The maximum absolute atomic E-state index is 2.44. The van der Waals surface area contributed by atoms with Gasteiger partial charge in [-0.05, 0) is 65.4 Å². The molecule has 156 valence electrons. The van der Waals surface area contributed by atoms with Gasteiger partial charge in [0.1, 0.15) is 0 Å². The summed E-state index contributed by atoms with van der Waals surface area (Å²) in [6.45, 7) is 19.5. The normalized spacial score (nSPS) is 12.7. The van der Waals surface area contributed by atoms with Crippen molar-refractivity contribution in [3.05, 3.63) is 30.3 Å². The van der Waals surface area contributed by atoms with Crippen LogP contribution in [0.4, 0.5) is 0 Å². The van der Waals surface area contributed by atoms with Crippen molar-refractivity contribution in [3.8, 4) is 0 Å². The van der Waals surface area contributed by atoms with Crippen molar-refractivity contribution in [3.63, 3.8) is 0 Å². The number of benzene rings is 1. The first-order valence-corrected chi connectivity index (χ1v) is 16.1. The molecule has 1 aromatic rings. The van der Waals surface area contributed by atoms with Gasteiger partial charge < -0.3 is 0 Å². The van der Waals surface area contributed by atoms with Crippen LogP contribution in [0.1, 0.15) is 68.2 Å². The Morgan fingerprint density at radius 2 is 0.926 bits per heavy atom. The highest BCUT2D eigenvalue weighted by Crippen LogP contribution is 2.49. The highest BCUT2D eigenvalue weighted by atomic mass is 31.1. The molecule has 1 rings (SSSR count). The summed E-state index contributed by atoms with van der Waals surface area (Å²) in [5.41, 5.74) is 3.51. The number of hydrogen-bond acceptors (Lipinski definition) is 0. The molecule has 3 heteroatoms. The molecule has 0 fully saturated rings. The third-order valence-electron chi connectivity index (χ3n) is 5.46. The fourth-order valence-electron chi connectivity index (χ4n) is 4.12. The highest BCUT2D eigenvalue weighted by Gasteiger charge is 2.19. The molecule has 0 heterocycles. The van der Waals surface area contributed by atoms with Crippen LogP contribution in [0.3, 0.4) is 0 Å². The van der Waals surface area contributed by atoms with Crippen LogP contribution in [0.25, 0.3) is 0 Å². The van der Waals surface area contributed by atoms with Gasteiger partial charge in [-0.25, -0.2) is 0 Å². The lowest BCUT2D eigenvalue weighted by Crippen LogP contribution is -2.12. The van der Waals surface area contributed by atoms with Gasteiger partial charge in [0.15, 0.2) is 0 Å². The standard InChI is InChI=1S/C24H45P3/c1-20(2)26(21(3)4)18-12-16-25(24-14-10-9-11-15-24)17-13-19-27(22(5)6)23(7)8/h9-11,14-15,20-23H,12-13,16-19H2,1-8H3. The summed E-state index contributed by atoms with van der Waals surface area (Å²) >= 11 is 0. The largest absolute Gasteiger partial charge is 0.101 e. The van der Waals surface area contributed by atoms with E-state index in [9.17, 15) is 0 Å². The second-order valence-corrected chi connectivity index (χ2v) is 18.5. The molecule has 0 saturated carbocycles. The molecule has 0 saturated heterocycles. The minimum Gasteiger partial charge on any atom is -0.101 e. The number of hydrogen-bond donors (Lipinski definition) is 0. The molecule has 0 spiro atoms. The average molecular weight is 427 g/mol. The van der Waals surface area contributed by atoms with Gasteiger partial charge in [0, 0.05) is 0 Å². The van der Waals surface area contributed by atoms with E-state index in [1.165, 1.54) is 37.5 Å². The zero-order valence-corrected chi connectivity index (χ0v) is 22.0. The van der Waals surface area contributed by atoms with Crippen LogP contribution in [0.2, 0.25) is 0 Å². The van der Waals surface area contributed by atoms with Crippen LogP contribution < -0.4 is 5.30 Å². The molecule has 0 atom stereocenters. The first-order chi connectivity index (χ1) is 12.7. The molecule has 0 aliphatic heterocycles. The van der Waals surface area contributed by atoms with Crippen LogP contribution in [0.15, 0.2) is 30.3 Å². The molecular formula is C24H45P3. The molecular weight excluding hydrogens is 381 g/mol. The third-order valence-corrected chi connectivity index (χ3v) is 15.2. The lowest BCUT2D eigenvalue weighted by Gasteiger charge is -2.28. The van der Waals surface area contributed by atoms with E-state index >= 15 is 0 Å². The van der Waals surface area contributed by atoms with E-state index in [1.807, 2.05) is 0 Å². The molecule has 0 N–H and O–H groups in total. The fourth-order valence-corrected chi connectivity index (χ4v) is 12.5. The van der Waals surface area contributed by atoms with Gasteiger partial charge >= 0.3 is 0 Å². The highest BCUT2D eigenvalue weighted by molar-refractivity contribution is 7.65. The van der Waals surface area contributed by atoms with E-state index in [0.717, 1.165) is 22.6 Å². The van der Waals surface area contributed by atoms with Crippen LogP contribution in [0.5, 0.6) is 0 Å². The van der Waals surface area contributed by atoms with E-state index in [2.05, 4.69) is 85.7 Å². The predicted octanol–water partition coefficient (Wildman–Crippen LogP) is 8.17. The van der Waals surface area contributed by atoms with E-state index < -0.39 is 0 Å². The minimum absolute atomic E-state index is 0.0266. The van der Waals surface area contributed by atoms with Gasteiger partial charge in [0.25, 0.3) is 0 Å². The van der Waals surface area contributed by atoms with Crippen LogP contribution in [-0.2, 0) is 0 Å². The summed E-state index contributed by atoms with van der Waals surface area (Å²) < 4.78 is 0. The SMILES string of the molecule is CC(C)P(CCCP(CCCP(C(C)C)C(C)C)c1ccccc1)C(C)C. The van der Waals surface area contributed by atoms with Crippen molar-refractivity contribution >= 4 is 29.1 Å². The van der Waals surface area contributed by atoms with Crippen molar-refractivity contribution < 1.29 is 0 Å². The molecule has 27 heavy (non-hydrogen) atoms. The van der Waals surface area contributed by atoms with Crippen molar-refractivity contribution in [2.45, 2.75) is 90.9 Å². The molecule has 0 aliphatic carbocycles. The lowest BCUT2D eigenvalue weighted by molar-refractivity contribution is 0.965. The Bertz CT molecular complexity index is 440. The second kappa shape index (κ2) is 13.7. The zero-order valence-electron chi connectivity index (χ0n) is 19.3. The maximum atomic E-state index is 2.44.